The third-order valence-electron chi connectivity index (χ3n) is 2.81. The summed E-state index contributed by atoms with van der Waals surface area (Å²) < 4.78 is 0.857. The summed E-state index contributed by atoms with van der Waals surface area (Å²) in [5.41, 5.74) is 8.89. The van der Waals surface area contributed by atoms with Crippen LogP contribution in [0.3, 0.4) is 0 Å². The fourth-order valence-corrected chi connectivity index (χ4v) is 3.68. The van der Waals surface area contributed by atoms with E-state index in [-0.39, 0.29) is 5.84 Å². The van der Waals surface area contributed by atoms with Gasteiger partial charge in [0.15, 0.2) is 0 Å². The Morgan fingerprint density at radius 3 is 2.58 bits per heavy atom. The molecule has 0 amide bonds. The van der Waals surface area contributed by atoms with E-state index in [4.69, 9.17) is 11.1 Å². The van der Waals surface area contributed by atoms with Crippen molar-refractivity contribution in [2.24, 2.45) is 5.73 Å². The quantitative estimate of drug-likeness (QED) is 0.641. The highest BCUT2D eigenvalue weighted by Crippen LogP contribution is 2.35. The van der Waals surface area contributed by atoms with Crippen molar-refractivity contribution >= 4 is 33.5 Å². The molecule has 19 heavy (non-hydrogen) atoms. The third kappa shape index (κ3) is 3.19. The zero-order valence-corrected chi connectivity index (χ0v) is 13.2. The number of hydrogen-bond donors (Lipinski definition) is 2. The summed E-state index contributed by atoms with van der Waals surface area (Å²) in [4.78, 5) is 2.19. The Bertz CT molecular complexity index is 638. The summed E-state index contributed by atoms with van der Waals surface area (Å²) in [6, 6.07) is 12.2. The zero-order valence-electron chi connectivity index (χ0n) is 10.8. The van der Waals surface area contributed by atoms with Crippen LogP contribution in [0.5, 0.6) is 0 Å². The predicted molar refractivity (Wildman–Crippen MR) is 85.2 cm³/mol. The van der Waals surface area contributed by atoms with Crippen molar-refractivity contribution in [3.63, 3.8) is 0 Å². The number of nitrogens with one attached hydrogen (secondary N) is 1. The van der Waals surface area contributed by atoms with E-state index in [9.17, 15) is 0 Å². The monoisotopic (exact) mass is 334 g/mol. The van der Waals surface area contributed by atoms with Gasteiger partial charge in [-0.3, -0.25) is 5.41 Å². The molecule has 98 valence electrons. The number of hydrogen-bond acceptors (Lipinski definition) is 2. The van der Waals surface area contributed by atoms with Gasteiger partial charge in [0, 0.05) is 19.8 Å². The molecule has 2 rings (SSSR count). The van der Waals surface area contributed by atoms with Crippen molar-refractivity contribution in [1.82, 2.24) is 0 Å². The molecular weight excluding hydrogens is 320 g/mol. The highest BCUT2D eigenvalue weighted by Gasteiger charge is 2.11. The van der Waals surface area contributed by atoms with Gasteiger partial charge >= 0.3 is 0 Å². The molecule has 0 heterocycles. The van der Waals surface area contributed by atoms with Crippen molar-refractivity contribution < 1.29 is 0 Å². The lowest BCUT2D eigenvalue weighted by Crippen LogP contribution is -2.13. The number of nitrogen functional groups attached to an aromatic ring is 1. The number of amidine groups is 1. The van der Waals surface area contributed by atoms with E-state index in [1.54, 1.807) is 11.8 Å². The van der Waals surface area contributed by atoms with Crippen molar-refractivity contribution in [2.75, 3.05) is 0 Å². The van der Waals surface area contributed by atoms with Gasteiger partial charge in [-0.25, -0.2) is 0 Å². The molecule has 2 aromatic carbocycles. The van der Waals surface area contributed by atoms with Gasteiger partial charge in [-0.2, -0.15) is 0 Å². The van der Waals surface area contributed by atoms with Crippen LogP contribution in [0.25, 0.3) is 0 Å². The number of aryl methyl sites for hydroxylation is 2. The summed E-state index contributed by atoms with van der Waals surface area (Å²) >= 11 is 5.11. The summed E-state index contributed by atoms with van der Waals surface area (Å²) in [6.07, 6.45) is 0. The van der Waals surface area contributed by atoms with E-state index < -0.39 is 0 Å². The highest BCUT2D eigenvalue weighted by molar-refractivity contribution is 9.10. The van der Waals surface area contributed by atoms with Gasteiger partial charge in [-0.15, -0.1) is 0 Å². The average Bonchev–Trinajstić information content (AvgIpc) is 2.33. The Morgan fingerprint density at radius 2 is 1.89 bits per heavy atom. The molecule has 2 aromatic rings. The molecule has 4 heteroatoms. The molecule has 0 atom stereocenters. The number of rotatable bonds is 3. The minimum atomic E-state index is 0.0836. The summed E-state index contributed by atoms with van der Waals surface area (Å²) in [5.74, 6) is 0.0836. The van der Waals surface area contributed by atoms with Crippen LogP contribution in [0.1, 0.15) is 16.7 Å². The first-order chi connectivity index (χ1) is 8.99. The number of halogens is 1. The third-order valence-corrected chi connectivity index (χ3v) is 4.69. The molecule has 0 aromatic heterocycles. The van der Waals surface area contributed by atoms with Crippen molar-refractivity contribution in [2.45, 2.75) is 23.6 Å². The van der Waals surface area contributed by atoms with Gasteiger partial charge in [0.05, 0.1) is 0 Å². The normalized spacial score (nSPS) is 10.5. The summed E-state index contributed by atoms with van der Waals surface area (Å²) in [7, 11) is 0. The minimum Gasteiger partial charge on any atom is -0.384 e. The molecule has 0 aliphatic rings. The fraction of sp³-hybridized carbons (Fsp3) is 0.133. The maximum absolute atomic E-state index is 7.71. The predicted octanol–water partition coefficient (Wildman–Crippen LogP) is 4.50. The zero-order chi connectivity index (χ0) is 14.0. The van der Waals surface area contributed by atoms with Crippen LogP contribution in [0, 0.1) is 19.3 Å². The van der Waals surface area contributed by atoms with Gasteiger partial charge < -0.3 is 5.73 Å². The molecule has 0 saturated carbocycles. The lowest BCUT2D eigenvalue weighted by molar-refractivity contribution is 1.25. The first-order valence-electron chi connectivity index (χ1n) is 5.87. The van der Waals surface area contributed by atoms with Crippen molar-refractivity contribution in [1.29, 1.82) is 5.41 Å². The van der Waals surface area contributed by atoms with Crippen LogP contribution < -0.4 is 5.73 Å². The number of nitrogens with two attached hydrogens (primary N) is 1. The Morgan fingerprint density at radius 1 is 1.16 bits per heavy atom. The first kappa shape index (κ1) is 14.2. The second-order valence-corrected chi connectivity index (χ2v) is 6.34. The van der Waals surface area contributed by atoms with Crippen molar-refractivity contribution in [3.8, 4) is 0 Å². The molecule has 0 unspecified atom stereocenters. The molecule has 0 bridgehead atoms. The maximum atomic E-state index is 7.71. The Kier molecular flexibility index (Phi) is 4.32. The van der Waals surface area contributed by atoms with E-state index in [1.165, 1.54) is 16.0 Å². The van der Waals surface area contributed by atoms with Crippen LogP contribution >= 0.6 is 27.7 Å². The Balaban J connectivity index is 2.46. The van der Waals surface area contributed by atoms with Gasteiger partial charge in [-0.05, 0) is 59.1 Å². The minimum absolute atomic E-state index is 0.0836. The molecule has 0 fully saturated rings. The van der Waals surface area contributed by atoms with Crippen LogP contribution in [-0.4, -0.2) is 5.84 Å². The van der Waals surface area contributed by atoms with Gasteiger partial charge in [0.2, 0.25) is 0 Å². The van der Waals surface area contributed by atoms with E-state index in [0.29, 0.717) is 0 Å². The molecule has 0 radical (unpaired) electrons. The lowest BCUT2D eigenvalue weighted by Gasteiger charge is -2.12. The van der Waals surface area contributed by atoms with Gasteiger partial charge in [-0.1, -0.05) is 30.0 Å². The van der Waals surface area contributed by atoms with E-state index in [0.717, 1.165) is 14.9 Å². The van der Waals surface area contributed by atoms with E-state index in [1.807, 2.05) is 18.2 Å². The average molecular weight is 335 g/mol. The Labute approximate surface area is 126 Å². The fourth-order valence-electron chi connectivity index (χ4n) is 1.79. The van der Waals surface area contributed by atoms with Crippen LogP contribution in [0.4, 0.5) is 0 Å². The summed E-state index contributed by atoms with van der Waals surface area (Å²) in [6.45, 7) is 4.17. The second-order valence-electron chi connectivity index (χ2n) is 4.40. The van der Waals surface area contributed by atoms with Gasteiger partial charge in [0.25, 0.3) is 0 Å². The summed E-state index contributed by atoms with van der Waals surface area (Å²) in [5, 5.41) is 7.71. The lowest BCUT2D eigenvalue weighted by atomic mass is 10.2. The van der Waals surface area contributed by atoms with E-state index >= 15 is 0 Å². The molecule has 0 aliphatic heterocycles. The molecule has 0 aliphatic carbocycles. The smallest absolute Gasteiger partial charge is 0.125 e. The maximum Gasteiger partial charge on any atom is 0.125 e. The van der Waals surface area contributed by atoms with Crippen LogP contribution in [0.15, 0.2) is 50.7 Å². The van der Waals surface area contributed by atoms with Gasteiger partial charge in [0.1, 0.15) is 5.84 Å². The molecule has 0 saturated heterocycles. The second kappa shape index (κ2) is 5.80. The molecule has 2 nitrogen and oxygen atoms in total. The Hall–Kier alpha value is -1.26. The number of benzene rings is 2. The standard InChI is InChI=1S/C15H15BrN2S/c1-9-6-7-10(2)13(8-9)19-12-5-3-4-11(16)14(12)15(17)18/h3-8H,1-2H3,(H3,17,18). The topological polar surface area (TPSA) is 49.9 Å². The van der Waals surface area contributed by atoms with E-state index in [2.05, 4.69) is 48.0 Å². The molecule has 0 spiro atoms. The highest BCUT2D eigenvalue weighted by atomic mass is 79.9. The first-order valence-corrected chi connectivity index (χ1v) is 7.48. The largest absolute Gasteiger partial charge is 0.384 e. The van der Waals surface area contributed by atoms with Crippen LogP contribution in [0.2, 0.25) is 0 Å². The SMILES string of the molecule is Cc1ccc(C)c(Sc2cccc(Br)c2C(=N)N)c1. The van der Waals surface area contributed by atoms with Crippen LogP contribution in [-0.2, 0) is 0 Å². The van der Waals surface area contributed by atoms with Crippen molar-refractivity contribution in [3.05, 3.63) is 57.6 Å². The molecule has 3 N–H and O–H groups in total. The molecular formula is C15H15BrN2S.